The topological polar surface area (TPSA) is 65.8 Å². The predicted molar refractivity (Wildman–Crippen MR) is 101 cm³/mol. The van der Waals surface area contributed by atoms with Gasteiger partial charge in [0, 0.05) is 16.5 Å². The lowest BCUT2D eigenvalue weighted by Crippen LogP contribution is -2.09. The number of nitrogens with one attached hydrogen (secondary N) is 1. The summed E-state index contributed by atoms with van der Waals surface area (Å²) in [4.78, 5) is 18.6. The Morgan fingerprint density at radius 1 is 1.08 bits per heavy atom. The number of aromatic nitrogens is 1. The van der Waals surface area contributed by atoms with Crippen molar-refractivity contribution in [1.82, 2.24) is 4.98 Å². The van der Waals surface area contributed by atoms with Crippen LogP contribution in [0.1, 0.15) is 15.2 Å². The molecule has 2 aromatic carbocycles. The third-order valence-corrected chi connectivity index (χ3v) is 4.97. The number of anilines is 1. The van der Waals surface area contributed by atoms with Crippen molar-refractivity contribution in [2.75, 3.05) is 5.32 Å². The van der Waals surface area contributed by atoms with Gasteiger partial charge in [0.2, 0.25) is 0 Å². The van der Waals surface area contributed by atoms with E-state index in [2.05, 4.69) is 22.4 Å². The monoisotopic (exact) mass is 343 g/mol. The van der Waals surface area contributed by atoms with E-state index in [4.69, 9.17) is 5.26 Å². The minimum Gasteiger partial charge on any atom is -0.321 e. The highest BCUT2D eigenvalue weighted by atomic mass is 32.1. The largest absolute Gasteiger partial charge is 0.321 e. The number of hydrogen-bond acceptors (Lipinski definition) is 4. The van der Waals surface area contributed by atoms with Crippen molar-refractivity contribution < 1.29 is 4.79 Å². The normalized spacial score (nSPS) is 10.7. The van der Waals surface area contributed by atoms with Crippen LogP contribution in [-0.4, -0.2) is 10.9 Å². The molecule has 0 aliphatic heterocycles. The van der Waals surface area contributed by atoms with Gasteiger partial charge in [-0.3, -0.25) is 4.79 Å². The van der Waals surface area contributed by atoms with Crippen molar-refractivity contribution in [2.24, 2.45) is 0 Å². The van der Waals surface area contributed by atoms with Gasteiger partial charge < -0.3 is 5.32 Å². The van der Waals surface area contributed by atoms with Crippen molar-refractivity contribution >= 4 is 44.1 Å². The Labute approximate surface area is 148 Å². The van der Waals surface area contributed by atoms with E-state index in [1.807, 2.05) is 54.6 Å². The van der Waals surface area contributed by atoms with Crippen LogP contribution in [0.25, 0.3) is 21.1 Å². The zero-order valence-corrected chi connectivity index (χ0v) is 14.0. The molecule has 0 spiro atoms. The van der Waals surface area contributed by atoms with E-state index < -0.39 is 0 Å². The van der Waals surface area contributed by atoms with Gasteiger partial charge in [-0.15, -0.1) is 11.3 Å². The summed E-state index contributed by atoms with van der Waals surface area (Å²) in [6.45, 7) is 0. The second-order valence-electron chi connectivity index (χ2n) is 5.67. The van der Waals surface area contributed by atoms with Crippen molar-refractivity contribution in [3.8, 4) is 6.07 Å². The molecule has 0 saturated carbocycles. The first-order chi connectivity index (χ1) is 12.2. The summed E-state index contributed by atoms with van der Waals surface area (Å²) in [6, 6.07) is 21.3. The molecule has 0 fully saturated rings. The Bertz CT molecular complexity index is 1070. The highest BCUT2D eigenvalue weighted by Crippen LogP contribution is 2.28. The van der Waals surface area contributed by atoms with Crippen LogP contribution in [-0.2, 0) is 6.42 Å². The van der Waals surface area contributed by atoms with Gasteiger partial charge >= 0.3 is 0 Å². The number of pyridine rings is 1. The summed E-state index contributed by atoms with van der Waals surface area (Å²) < 4.78 is 0. The Morgan fingerprint density at radius 2 is 1.88 bits per heavy atom. The third kappa shape index (κ3) is 3.08. The van der Waals surface area contributed by atoms with Crippen molar-refractivity contribution in [1.29, 1.82) is 5.26 Å². The van der Waals surface area contributed by atoms with E-state index in [1.54, 1.807) is 0 Å². The molecule has 120 valence electrons. The Hall–Kier alpha value is -3.23. The zero-order valence-electron chi connectivity index (χ0n) is 13.2. The van der Waals surface area contributed by atoms with Gasteiger partial charge in [-0.25, -0.2) is 4.98 Å². The van der Waals surface area contributed by atoms with E-state index in [0.717, 1.165) is 26.7 Å². The summed E-state index contributed by atoms with van der Waals surface area (Å²) in [5, 5.41) is 13.6. The fraction of sp³-hybridized carbons (Fsp3) is 0.0500. The van der Waals surface area contributed by atoms with Gasteiger partial charge in [0.1, 0.15) is 4.83 Å². The Balaban J connectivity index is 1.61. The SMILES string of the molecule is N#CCc1ccc(NC(=O)c2cc3cc4ccccc4nc3s2)cc1. The molecule has 4 rings (SSSR count). The van der Waals surface area contributed by atoms with Crippen LogP contribution in [0.2, 0.25) is 0 Å². The fourth-order valence-corrected chi connectivity index (χ4v) is 3.59. The molecule has 0 bridgehead atoms. The van der Waals surface area contributed by atoms with Gasteiger partial charge in [0.25, 0.3) is 5.91 Å². The summed E-state index contributed by atoms with van der Waals surface area (Å²) in [7, 11) is 0. The predicted octanol–water partition coefficient (Wildman–Crippen LogP) is 4.77. The van der Waals surface area contributed by atoms with Crippen molar-refractivity contribution in [3.63, 3.8) is 0 Å². The van der Waals surface area contributed by atoms with Crippen LogP contribution >= 0.6 is 11.3 Å². The van der Waals surface area contributed by atoms with Gasteiger partial charge in [-0.2, -0.15) is 5.26 Å². The number of hydrogen-bond donors (Lipinski definition) is 1. The molecule has 25 heavy (non-hydrogen) atoms. The first-order valence-corrected chi connectivity index (χ1v) is 8.61. The Morgan fingerprint density at radius 3 is 2.68 bits per heavy atom. The molecule has 1 N–H and O–H groups in total. The molecule has 0 atom stereocenters. The minimum atomic E-state index is -0.153. The number of amides is 1. The number of carbonyl (C=O) groups is 1. The smallest absolute Gasteiger partial charge is 0.265 e. The molecule has 5 heteroatoms. The second-order valence-corrected chi connectivity index (χ2v) is 6.70. The molecular weight excluding hydrogens is 330 g/mol. The van der Waals surface area contributed by atoms with Gasteiger partial charge in [0.05, 0.1) is 22.9 Å². The van der Waals surface area contributed by atoms with Gasteiger partial charge in [-0.1, -0.05) is 30.3 Å². The number of nitrogens with zero attached hydrogens (tertiary/aromatic N) is 2. The molecule has 0 aliphatic carbocycles. The van der Waals surface area contributed by atoms with E-state index in [-0.39, 0.29) is 5.91 Å². The maximum Gasteiger partial charge on any atom is 0.265 e. The highest BCUT2D eigenvalue weighted by molar-refractivity contribution is 7.20. The molecule has 0 radical (unpaired) electrons. The van der Waals surface area contributed by atoms with Gasteiger partial charge in [0.15, 0.2) is 0 Å². The number of rotatable bonds is 3. The molecule has 0 unspecified atom stereocenters. The van der Waals surface area contributed by atoms with Crippen LogP contribution in [0.5, 0.6) is 0 Å². The highest BCUT2D eigenvalue weighted by Gasteiger charge is 2.12. The summed E-state index contributed by atoms with van der Waals surface area (Å²) in [5.41, 5.74) is 2.57. The number of benzene rings is 2. The van der Waals surface area contributed by atoms with Crippen LogP contribution in [0, 0.1) is 11.3 Å². The zero-order chi connectivity index (χ0) is 17.2. The van der Waals surface area contributed by atoms with E-state index >= 15 is 0 Å². The lowest BCUT2D eigenvalue weighted by Gasteiger charge is -2.03. The van der Waals surface area contributed by atoms with Crippen LogP contribution in [0.15, 0.2) is 60.7 Å². The first kappa shape index (κ1) is 15.3. The van der Waals surface area contributed by atoms with Crippen molar-refractivity contribution in [3.05, 3.63) is 71.1 Å². The molecule has 2 heterocycles. The van der Waals surface area contributed by atoms with Crippen LogP contribution < -0.4 is 5.32 Å². The van der Waals surface area contributed by atoms with Gasteiger partial charge in [-0.05, 0) is 35.9 Å². The van der Waals surface area contributed by atoms with Crippen molar-refractivity contribution in [2.45, 2.75) is 6.42 Å². The fourth-order valence-electron chi connectivity index (χ4n) is 2.68. The number of nitriles is 1. The van der Waals surface area contributed by atoms with Crippen LogP contribution in [0.3, 0.4) is 0 Å². The van der Waals surface area contributed by atoms with E-state index in [0.29, 0.717) is 17.0 Å². The molecular formula is C20H13N3OS. The molecule has 0 aliphatic rings. The minimum absolute atomic E-state index is 0.153. The second kappa shape index (κ2) is 6.34. The lowest BCUT2D eigenvalue weighted by molar-refractivity contribution is 0.103. The average molecular weight is 343 g/mol. The lowest BCUT2D eigenvalue weighted by atomic mass is 10.1. The standard InChI is InChI=1S/C20H13N3OS/c21-10-9-13-5-7-16(8-6-13)22-19(24)18-12-15-11-14-3-1-2-4-17(14)23-20(15)25-18/h1-8,11-12H,9H2,(H,22,24). The average Bonchev–Trinajstić information content (AvgIpc) is 3.04. The van der Waals surface area contributed by atoms with E-state index in [9.17, 15) is 4.79 Å². The van der Waals surface area contributed by atoms with E-state index in [1.165, 1.54) is 11.3 Å². The number of fused-ring (bicyclic) bond motifs is 2. The number of thiophene rings is 1. The number of para-hydroxylation sites is 1. The number of carbonyl (C=O) groups excluding carboxylic acids is 1. The molecule has 0 saturated heterocycles. The first-order valence-electron chi connectivity index (χ1n) is 7.79. The summed E-state index contributed by atoms with van der Waals surface area (Å²) in [6.07, 6.45) is 0.365. The molecule has 2 aromatic heterocycles. The summed E-state index contributed by atoms with van der Waals surface area (Å²) >= 11 is 1.38. The maximum absolute atomic E-state index is 12.5. The molecule has 1 amide bonds. The third-order valence-electron chi connectivity index (χ3n) is 3.93. The molecule has 4 nitrogen and oxygen atoms in total. The van der Waals surface area contributed by atoms with Crippen LogP contribution in [0.4, 0.5) is 5.69 Å². The maximum atomic E-state index is 12.5. The summed E-state index contributed by atoms with van der Waals surface area (Å²) in [5.74, 6) is -0.153. The quantitative estimate of drug-likeness (QED) is 0.583. The molecule has 4 aromatic rings. The Kier molecular flexibility index (Phi) is 3.88.